The number of fused-ring (bicyclic) bond motifs is 1. The number of halogens is 1. The van der Waals surface area contributed by atoms with E-state index >= 15 is 0 Å². The van der Waals surface area contributed by atoms with Crippen LogP contribution in [0.2, 0.25) is 5.02 Å². The van der Waals surface area contributed by atoms with E-state index < -0.39 is 21.8 Å². The standard InChI is InChI=1S/C18H19ClN6O3S/c19-10-2-1-3-12-9(10)6-13(23-12)16-17(18(21)26)22-7-15(25-16)24-14-8-29(27,28)5-4-11(14)20/h1-3,6-7,11,14,23H,4-5,8,20H2,(H2,21,26)(H,24,25)/t11-,14+/m0/s1. The summed E-state index contributed by atoms with van der Waals surface area (Å²) in [6.07, 6.45) is 1.70. The third kappa shape index (κ3) is 3.91. The number of benzene rings is 1. The van der Waals surface area contributed by atoms with Crippen molar-refractivity contribution in [3.05, 3.63) is 41.2 Å². The Kier molecular flexibility index (Phi) is 4.93. The number of primary amides is 1. The second-order valence-electron chi connectivity index (χ2n) is 7.02. The van der Waals surface area contributed by atoms with Crippen LogP contribution in [0.3, 0.4) is 0 Å². The van der Waals surface area contributed by atoms with Crippen molar-refractivity contribution in [2.45, 2.75) is 18.5 Å². The van der Waals surface area contributed by atoms with Gasteiger partial charge in [-0.3, -0.25) is 4.79 Å². The number of nitrogens with zero attached hydrogens (tertiary/aromatic N) is 2. The van der Waals surface area contributed by atoms with Gasteiger partial charge in [0.25, 0.3) is 5.91 Å². The molecule has 0 unspecified atom stereocenters. The number of sulfone groups is 1. The highest BCUT2D eigenvalue weighted by molar-refractivity contribution is 7.91. The van der Waals surface area contributed by atoms with E-state index in [9.17, 15) is 13.2 Å². The van der Waals surface area contributed by atoms with Gasteiger partial charge in [-0.05, 0) is 24.6 Å². The van der Waals surface area contributed by atoms with E-state index in [1.54, 1.807) is 18.2 Å². The lowest BCUT2D eigenvalue weighted by Gasteiger charge is -2.29. The van der Waals surface area contributed by atoms with E-state index in [1.165, 1.54) is 6.20 Å². The highest BCUT2D eigenvalue weighted by atomic mass is 35.5. The van der Waals surface area contributed by atoms with Gasteiger partial charge in [0.2, 0.25) is 0 Å². The molecule has 1 saturated heterocycles. The number of nitrogens with one attached hydrogen (secondary N) is 2. The molecule has 0 aliphatic carbocycles. The van der Waals surface area contributed by atoms with Crippen molar-refractivity contribution in [1.82, 2.24) is 15.0 Å². The Morgan fingerprint density at radius 2 is 2.14 bits per heavy atom. The van der Waals surface area contributed by atoms with E-state index in [4.69, 9.17) is 23.1 Å². The summed E-state index contributed by atoms with van der Waals surface area (Å²) in [4.78, 5) is 23.6. The molecule has 1 fully saturated rings. The Balaban J connectivity index is 1.74. The molecule has 4 rings (SSSR count). The average molecular weight is 435 g/mol. The molecular weight excluding hydrogens is 416 g/mol. The number of H-pyrrole nitrogens is 1. The number of hydrogen-bond donors (Lipinski definition) is 4. The van der Waals surface area contributed by atoms with Crippen molar-refractivity contribution in [2.75, 3.05) is 16.8 Å². The van der Waals surface area contributed by atoms with E-state index in [0.717, 1.165) is 10.9 Å². The first-order valence-corrected chi connectivity index (χ1v) is 11.1. The molecular formula is C18H19ClN6O3S. The number of hydrogen-bond acceptors (Lipinski definition) is 7. The van der Waals surface area contributed by atoms with Crippen molar-refractivity contribution in [1.29, 1.82) is 0 Å². The fourth-order valence-corrected chi connectivity index (χ4v) is 5.31. The molecule has 1 aromatic carbocycles. The molecule has 3 heterocycles. The Morgan fingerprint density at radius 3 is 2.86 bits per heavy atom. The lowest BCUT2D eigenvalue weighted by atomic mass is 10.1. The summed E-state index contributed by atoms with van der Waals surface area (Å²) in [5, 5.41) is 4.35. The van der Waals surface area contributed by atoms with Crippen molar-refractivity contribution < 1.29 is 13.2 Å². The van der Waals surface area contributed by atoms with Gasteiger partial charge in [0.1, 0.15) is 11.5 Å². The molecule has 9 nitrogen and oxygen atoms in total. The van der Waals surface area contributed by atoms with Gasteiger partial charge < -0.3 is 21.8 Å². The van der Waals surface area contributed by atoms with Crippen molar-refractivity contribution in [3.63, 3.8) is 0 Å². The number of rotatable bonds is 4. The molecule has 2 aromatic heterocycles. The van der Waals surface area contributed by atoms with Gasteiger partial charge in [-0.2, -0.15) is 0 Å². The highest BCUT2D eigenvalue weighted by Crippen LogP contribution is 2.30. The monoisotopic (exact) mass is 434 g/mol. The summed E-state index contributed by atoms with van der Waals surface area (Å²) in [6, 6.07) is 6.31. The number of carbonyl (C=O) groups is 1. The summed E-state index contributed by atoms with van der Waals surface area (Å²) in [5.41, 5.74) is 13.0. The smallest absolute Gasteiger partial charge is 0.269 e. The van der Waals surface area contributed by atoms with Crippen molar-refractivity contribution >= 4 is 44.1 Å². The maximum absolute atomic E-state index is 11.9. The van der Waals surface area contributed by atoms with Crippen LogP contribution in [-0.2, 0) is 9.84 Å². The highest BCUT2D eigenvalue weighted by Gasteiger charge is 2.31. The number of aromatic nitrogens is 3. The molecule has 0 spiro atoms. The molecule has 29 heavy (non-hydrogen) atoms. The van der Waals surface area contributed by atoms with E-state index in [-0.39, 0.29) is 28.9 Å². The third-order valence-electron chi connectivity index (χ3n) is 4.92. The molecule has 0 bridgehead atoms. The van der Waals surface area contributed by atoms with Gasteiger partial charge in [0.05, 0.1) is 29.4 Å². The zero-order valence-corrected chi connectivity index (χ0v) is 16.8. The Bertz CT molecular complexity index is 1210. The number of amides is 1. The predicted molar refractivity (Wildman–Crippen MR) is 112 cm³/mol. The van der Waals surface area contributed by atoms with Crippen LogP contribution < -0.4 is 16.8 Å². The molecule has 1 aliphatic rings. The molecule has 1 amide bonds. The minimum Gasteiger partial charge on any atom is -0.364 e. The number of aromatic amines is 1. The van der Waals surface area contributed by atoms with Gasteiger partial charge in [-0.1, -0.05) is 17.7 Å². The Hall–Kier alpha value is -2.69. The molecule has 1 aliphatic heterocycles. The minimum atomic E-state index is -3.18. The Labute approximate surface area is 171 Å². The summed E-state index contributed by atoms with van der Waals surface area (Å²) < 4.78 is 23.9. The summed E-state index contributed by atoms with van der Waals surface area (Å²) in [6.45, 7) is 0. The lowest BCUT2D eigenvalue weighted by Crippen LogP contribution is -2.50. The second-order valence-corrected chi connectivity index (χ2v) is 9.65. The maximum Gasteiger partial charge on any atom is 0.269 e. The molecule has 11 heteroatoms. The van der Waals surface area contributed by atoms with Gasteiger partial charge in [-0.15, -0.1) is 0 Å². The number of nitrogens with two attached hydrogens (primary N) is 2. The molecule has 152 valence electrons. The van der Waals surface area contributed by atoms with E-state index in [2.05, 4.69) is 20.3 Å². The van der Waals surface area contributed by atoms with Crippen LogP contribution in [0, 0.1) is 0 Å². The fourth-order valence-electron chi connectivity index (χ4n) is 3.41. The number of carbonyl (C=O) groups excluding carboxylic acids is 1. The van der Waals surface area contributed by atoms with Gasteiger partial charge in [0.15, 0.2) is 15.5 Å². The third-order valence-corrected chi connectivity index (χ3v) is 6.97. The van der Waals surface area contributed by atoms with Crippen LogP contribution in [0.1, 0.15) is 16.9 Å². The maximum atomic E-state index is 11.9. The SMILES string of the molecule is NC(=O)c1ncc(N[C@@H]2CS(=O)(=O)CC[C@@H]2N)nc1-c1cc2c(Cl)cccc2[nH]1. The normalized spacial score (nSPS) is 21.2. The first-order chi connectivity index (χ1) is 13.7. The summed E-state index contributed by atoms with van der Waals surface area (Å²) >= 11 is 6.23. The van der Waals surface area contributed by atoms with Crippen LogP contribution >= 0.6 is 11.6 Å². The van der Waals surface area contributed by atoms with Crippen LogP contribution in [0.25, 0.3) is 22.3 Å². The zero-order valence-electron chi connectivity index (χ0n) is 15.2. The summed E-state index contributed by atoms with van der Waals surface area (Å²) in [7, 11) is -3.18. The molecule has 0 radical (unpaired) electrons. The van der Waals surface area contributed by atoms with Crippen LogP contribution in [0.5, 0.6) is 0 Å². The van der Waals surface area contributed by atoms with Crippen LogP contribution in [-0.4, -0.2) is 52.9 Å². The van der Waals surface area contributed by atoms with Crippen LogP contribution in [0.15, 0.2) is 30.5 Å². The molecule has 2 atom stereocenters. The zero-order chi connectivity index (χ0) is 20.8. The lowest BCUT2D eigenvalue weighted by molar-refractivity contribution is 0.0996. The molecule has 6 N–H and O–H groups in total. The number of anilines is 1. The summed E-state index contributed by atoms with van der Waals surface area (Å²) in [5.74, 6) is -0.460. The fraction of sp³-hybridized carbons (Fsp3) is 0.278. The quantitative estimate of drug-likeness (QED) is 0.481. The van der Waals surface area contributed by atoms with E-state index in [0.29, 0.717) is 23.0 Å². The largest absolute Gasteiger partial charge is 0.364 e. The predicted octanol–water partition coefficient (Wildman–Crippen LogP) is 1.30. The van der Waals surface area contributed by atoms with Gasteiger partial charge in [0, 0.05) is 22.0 Å². The first kappa shape index (κ1) is 19.6. The topological polar surface area (TPSA) is 157 Å². The van der Waals surface area contributed by atoms with E-state index in [1.807, 2.05) is 6.07 Å². The van der Waals surface area contributed by atoms with Crippen LogP contribution in [0.4, 0.5) is 5.82 Å². The Morgan fingerprint density at radius 1 is 1.34 bits per heavy atom. The van der Waals surface area contributed by atoms with Crippen molar-refractivity contribution in [3.8, 4) is 11.4 Å². The average Bonchev–Trinajstić information content (AvgIpc) is 3.10. The van der Waals surface area contributed by atoms with Gasteiger partial charge >= 0.3 is 0 Å². The molecule has 3 aromatic rings. The first-order valence-electron chi connectivity index (χ1n) is 8.90. The molecule has 0 saturated carbocycles. The second kappa shape index (κ2) is 7.29. The minimum absolute atomic E-state index is 0.0150. The van der Waals surface area contributed by atoms with Crippen molar-refractivity contribution in [2.24, 2.45) is 11.5 Å². The van der Waals surface area contributed by atoms with Gasteiger partial charge in [-0.25, -0.2) is 18.4 Å².